The number of rotatable bonds is 23. The van der Waals surface area contributed by atoms with Crippen molar-refractivity contribution in [2.24, 2.45) is 22.9 Å². The van der Waals surface area contributed by atoms with E-state index < -0.39 is 42.2 Å². The SMILES string of the molecule is CC(OCCOC(=O)CN)C(OCCOC(=O)CN)C(COCCOC(=O)CN)OCCOC(=O)CN. The van der Waals surface area contributed by atoms with E-state index in [0.717, 1.165) is 0 Å². The number of ether oxygens (including phenoxy) is 8. The average Bonchev–Trinajstić information content (AvgIpc) is 2.91. The second kappa shape index (κ2) is 22.7. The number of hydrogen-bond acceptors (Lipinski definition) is 16. The molecule has 0 rings (SSSR count). The van der Waals surface area contributed by atoms with Crippen molar-refractivity contribution in [3.8, 4) is 0 Å². The van der Waals surface area contributed by atoms with Gasteiger partial charge >= 0.3 is 23.9 Å². The highest BCUT2D eigenvalue weighted by Crippen LogP contribution is 2.14. The van der Waals surface area contributed by atoms with Crippen LogP contribution in [0, 0.1) is 0 Å². The van der Waals surface area contributed by atoms with Crippen LogP contribution in [0.4, 0.5) is 0 Å². The summed E-state index contributed by atoms with van der Waals surface area (Å²) in [6, 6.07) is 0. The van der Waals surface area contributed by atoms with Gasteiger partial charge in [-0.15, -0.1) is 0 Å². The van der Waals surface area contributed by atoms with Crippen molar-refractivity contribution >= 4 is 23.9 Å². The lowest BCUT2D eigenvalue weighted by molar-refractivity contribution is -0.171. The van der Waals surface area contributed by atoms with Gasteiger partial charge < -0.3 is 60.8 Å². The molecule has 16 nitrogen and oxygen atoms in total. The quantitative estimate of drug-likeness (QED) is 0.0551. The molecule has 3 atom stereocenters. The lowest BCUT2D eigenvalue weighted by atomic mass is 10.1. The molecule has 0 aromatic carbocycles. The lowest BCUT2D eigenvalue weighted by Crippen LogP contribution is -2.45. The molecule has 0 aliphatic rings. The molecule has 0 fully saturated rings. The lowest BCUT2D eigenvalue weighted by Gasteiger charge is -2.31. The third-order valence-corrected chi connectivity index (χ3v) is 4.33. The average molecular weight is 541 g/mol. The monoisotopic (exact) mass is 540 g/mol. The Hall–Kier alpha value is -2.44. The molecule has 0 aliphatic carbocycles. The van der Waals surface area contributed by atoms with Gasteiger partial charge in [-0.3, -0.25) is 19.2 Å². The molecule has 16 heteroatoms. The summed E-state index contributed by atoms with van der Waals surface area (Å²) in [7, 11) is 0. The molecule has 3 unspecified atom stereocenters. The highest BCUT2D eigenvalue weighted by atomic mass is 16.6. The zero-order valence-electron chi connectivity index (χ0n) is 21.1. The first kappa shape index (κ1) is 34.6. The molecule has 0 saturated heterocycles. The van der Waals surface area contributed by atoms with Gasteiger partial charge in [0.1, 0.15) is 38.6 Å². The summed E-state index contributed by atoms with van der Waals surface area (Å²) < 4.78 is 42.6. The van der Waals surface area contributed by atoms with Gasteiger partial charge in [-0.2, -0.15) is 0 Å². The fourth-order valence-electron chi connectivity index (χ4n) is 2.61. The molecule has 0 aromatic rings. The van der Waals surface area contributed by atoms with Crippen molar-refractivity contribution in [1.29, 1.82) is 0 Å². The molecular formula is C21H40N4O12. The Labute approximate surface area is 215 Å². The second-order valence-electron chi connectivity index (χ2n) is 7.09. The first-order chi connectivity index (χ1) is 17.8. The summed E-state index contributed by atoms with van der Waals surface area (Å²) in [6.45, 7) is 0.386. The van der Waals surface area contributed by atoms with Crippen LogP contribution in [0.3, 0.4) is 0 Å². The molecule has 0 spiro atoms. The summed E-state index contributed by atoms with van der Waals surface area (Å²) in [5, 5.41) is 0. The minimum atomic E-state index is -0.779. The van der Waals surface area contributed by atoms with Gasteiger partial charge in [-0.25, -0.2) is 0 Å². The first-order valence-corrected chi connectivity index (χ1v) is 11.6. The normalized spacial score (nSPS) is 13.3. The van der Waals surface area contributed by atoms with Gasteiger partial charge in [0.25, 0.3) is 0 Å². The number of nitrogens with two attached hydrogens (primary N) is 4. The number of esters is 4. The zero-order valence-corrected chi connectivity index (χ0v) is 21.1. The van der Waals surface area contributed by atoms with Crippen LogP contribution in [-0.2, 0) is 57.1 Å². The fourth-order valence-corrected chi connectivity index (χ4v) is 2.61. The Morgan fingerprint density at radius 2 is 0.919 bits per heavy atom. The Bertz CT molecular complexity index is 655. The Kier molecular flexibility index (Phi) is 21.2. The molecule has 0 aliphatic heterocycles. The van der Waals surface area contributed by atoms with E-state index >= 15 is 0 Å². The molecule has 0 heterocycles. The molecule has 0 saturated carbocycles. The molecule has 0 radical (unpaired) electrons. The van der Waals surface area contributed by atoms with Crippen LogP contribution in [0.15, 0.2) is 0 Å². The van der Waals surface area contributed by atoms with Crippen LogP contribution in [-0.4, -0.2) is 128 Å². The molecule has 216 valence electrons. The van der Waals surface area contributed by atoms with Crippen LogP contribution >= 0.6 is 0 Å². The predicted molar refractivity (Wildman–Crippen MR) is 126 cm³/mol. The molecule has 0 amide bonds. The summed E-state index contributed by atoms with van der Waals surface area (Å²) >= 11 is 0. The van der Waals surface area contributed by atoms with Crippen molar-refractivity contribution in [1.82, 2.24) is 0 Å². The largest absolute Gasteiger partial charge is 0.462 e. The fraction of sp³-hybridized carbons (Fsp3) is 0.810. The van der Waals surface area contributed by atoms with Crippen molar-refractivity contribution in [2.45, 2.75) is 25.2 Å². The highest BCUT2D eigenvalue weighted by Gasteiger charge is 2.30. The first-order valence-electron chi connectivity index (χ1n) is 11.6. The third kappa shape index (κ3) is 18.5. The van der Waals surface area contributed by atoms with E-state index in [4.69, 9.17) is 60.8 Å². The van der Waals surface area contributed by atoms with Crippen LogP contribution in [0.25, 0.3) is 0 Å². The highest BCUT2D eigenvalue weighted by molar-refractivity contribution is 5.72. The summed E-state index contributed by atoms with van der Waals surface area (Å²) in [6.07, 6.45) is -2.18. The van der Waals surface area contributed by atoms with E-state index in [0.29, 0.717) is 0 Å². The summed E-state index contributed by atoms with van der Waals surface area (Å²) in [4.78, 5) is 44.9. The third-order valence-electron chi connectivity index (χ3n) is 4.33. The maximum Gasteiger partial charge on any atom is 0.319 e. The van der Waals surface area contributed by atoms with Crippen LogP contribution in [0.2, 0.25) is 0 Å². The van der Waals surface area contributed by atoms with E-state index in [1.165, 1.54) is 0 Å². The topological polar surface area (TPSA) is 246 Å². The minimum absolute atomic E-state index is 0.0230. The van der Waals surface area contributed by atoms with Crippen molar-refractivity contribution in [3.63, 3.8) is 0 Å². The molecule has 0 aromatic heterocycles. The van der Waals surface area contributed by atoms with Crippen LogP contribution in [0.1, 0.15) is 6.92 Å². The van der Waals surface area contributed by atoms with Crippen molar-refractivity contribution < 1.29 is 57.1 Å². The summed E-state index contributed by atoms with van der Waals surface area (Å²) in [5.74, 6) is -2.36. The van der Waals surface area contributed by atoms with E-state index in [1.807, 2.05) is 0 Å². The van der Waals surface area contributed by atoms with Gasteiger partial charge in [0.05, 0.1) is 65.3 Å². The van der Waals surface area contributed by atoms with E-state index in [1.54, 1.807) is 6.92 Å². The number of hydrogen-bond donors (Lipinski definition) is 4. The summed E-state index contributed by atoms with van der Waals surface area (Å²) in [5.41, 5.74) is 20.8. The Morgan fingerprint density at radius 1 is 0.541 bits per heavy atom. The second-order valence-corrected chi connectivity index (χ2v) is 7.09. The van der Waals surface area contributed by atoms with Crippen LogP contribution < -0.4 is 22.9 Å². The van der Waals surface area contributed by atoms with Crippen LogP contribution in [0.5, 0.6) is 0 Å². The molecular weight excluding hydrogens is 500 g/mol. The van der Waals surface area contributed by atoms with E-state index in [9.17, 15) is 19.2 Å². The van der Waals surface area contributed by atoms with E-state index in [2.05, 4.69) is 0 Å². The van der Waals surface area contributed by atoms with Gasteiger partial charge in [0, 0.05) is 0 Å². The van der Waals surface area contributed by atoms with Gasteiger partial charge in [-0.1, -0.05) is 0 Å². The minimum Gasteiger partial charge on any atom is -0.462 e. The molecule has 8 N–H and O–H groups in total. The number of carbonyl (C=O) groups is 4. The zero-order chi connectivity index (χ0) is 27.9. The molecule has 37 heavy (non-hydrogen) atoms. The van der Waals surface area contributed by atoms with Crippen molar-refractivity contribution in [3.05, 3.63) is 0 Å². The Morgan fingerprint density at radius 3 is 1.35 bits per heavy atom. The Balaban J connectivity index is 5.16. The van der Waals surface area contributed by atoms with E-state index in [-0.39, 0.29) is 85.6 Å². The maximum atomic E-state index is 11.3. The van der Waals surface area contributed by atoms with Crippen molar-refractivity contribution in [2.75, 3.05) is 85.6 Å². The predicted octanol–water partition coefficient (Wildman–Crippen LogP) is -3.81. The van der Waals surface area contributed by atoms with Gasteiger partial charge in [0.15, 0.2) is 0 Å². The number of carbonyl (C=O) groups excluding carboxylic acids is 4. The van der Waals surface area contributed by atoms with Gasteiger partial charge in [-0.05, 0) is 6.92 Å². The smallest absolute Gasteiger partial charge is 0.319 e. The molecule has 0 bridgehead atoms. The van der Waals surface area contributed by atoms with Gasteiger partial charge in [0.2, 0.25) is 0 Å². The maximum absolute atomic E-state index is 11.3. The standard InChI is InChI=1S/C21H40N4O12/c1-15(31-4-6-34-18(27)11-23)21(37-9-8-36-20(29)13-25)16(32-5-7-35-19(28)12-24)14-30-2-3-33-17(26)10-22/h15-16,21H,2-14,22-25H2,1H3.